The Morgan fingerprint density at radius 3 is 1.09 bits per heavy atom. The van der Waals surface area contributed by atoms with Gasteiger partial charge in [-0.1, -0.05) is 144 Å². The van der Waals surface area contributed by atoms with Gasteiger partial charge < -0.3 is 4.90 Å². The topological polar surface area (TPSA) is 35.5 Å². The van der Waals surface area contributed by atoms with Crippen LogP contribution in [0.3, 0.4) is 0 Å². The minimum Gasteiger partial charge on any atom is -0.321 e. The van der Waals surface area contributed by atoms with Crippen molar-refractivity contribution in [3.05, 3.63) is 0 Å². The van der Waals surface area contributed by atoms with E-state index in [0.717, 1.165) is 46.5 Å². The predicted molar refractivity (Wildman–Crippen MR) is 196 cm³/mol. The highest BCUT2D eigenvalue weighted by atomic mass is 32.2. The monoisotopic (exact) mass is 640 g/mol. The van der Waals surface area contributed by atoms with Crippen molar-refractivity contribution >= 4 is 29.1 Å². The fourth-order valence-electron chi connectivity index (χ4n) is 6.49. The highest BCUT2D eigenvalue weighted by Crippen LogP contribution is 2.27. The quantitative estimate of drug-likeness (QED) is 0.0697. The molecule has 1 rings (SSSR count). The average molecular weight is 640 g/mol. The number of aromatic nitrogens is 2. The lowest BCUT2D eigenvalue weighted by Crippen LogP contribution is -2.48. The van der Waals surface area contributed by atoms with E-state index < -0.39 is 0 Å². The van der Waals surface area contributed by atoms with Crippen LogP contribution >= 0.6 is 24.0 Å². The second-order valence-corrected chi connectivity index (χ2v) is 15.1. The molecular weight excluding hydrogens is 567 g/mol. The van der Waals surface area contributed by atoms with Gasteiger partial charge in [-0.15, -0.1) is 22.8 Å². The third-order valence-corrected chi connectivity index (χ3v) is 10.8. The summed E-state index contributed by atoms with van der Waals surface area (Å²) in [6.45, 7) is 25.5. The first-order chi connectivity index (χ1) is 20.9. The molecule has 4 unspecified atom stereocenters. The minimum atomic E-state index is 0.758. The maximum atomic E-state index is 4.68. The van der Waals surface area contributed by atoms with Crippen LogP contribution in [-0.2, 0) is 0 Å². The van der Waals surface area contributed by atoms with E-state index in [0.29, 0.717) is 0 Å². The van der Waals surface area contributed by atoms with E-state index in [-0.39, 0.29) is 0 Å². The number of anilines is 1. The summed E-state index contributed by atoms with van der Waals surface area (Å²) in [6.07, 6.45) is 20.9. The largest absolute Gasteiger partial charge is 0.321 e. The summed E-state index contributed by atoms with van der Waals surface area (Å²) in [5, 5.41) is 10.1. The Morgan fingerprint density at radius 2 is 0.860 bits per heavy atom. The Balaban J connectivity index is 3.35. The molecule has 4 atom stereocenters. The smallest absolute Gasteiger partial charge is 0.211 e. The molecular formula is C36H73N5S2. The van der Waals surface area contributed by atoms with Gasteiger partial charge in [-0.2, -0.15) is 0 Å². The number of hydrogen-bond donors (Lipinski definition) is 1. The van der Waals surface area contributed by atoms with Crippen LogP contribution in [0.2, 0.25) is 0 Å². The molecule has 1 aromatic rings. The number of thiol groups is 1. The maximum Gasteiger partial charge on any atom is 0.211 e. The van der Waals surface area contributed by atoms with Gasteiger partial charge in [0.1, 0.15) is 0 Å². The van der Waals surface area contributed by atoms with Crippen LogP contribution in [0.5, 0.6) is 0 Å². The van der Waals surface area contributed by atoms with Crippen molar-refractivity contribution in [2.45, 2.75) is 162 Å². The molecule has 254 valence electrons. The van der Waals surface area contributed by atoms with Crippen LogP contribution in [0.4, 0.5) is 5.13 Å². The zero-order valence-corrected chi connectivity index (χ0v) is 31.7. The number of hydrogen-bond acceptors (Lipinski definition) is 7. The molecule has 0 fully saturated rings. The number of rotatable bonds is 29. The van der Waals surface area contributed by atoms with Crippen LogP contribution < -0.4 is 4.90 Å². The lowest BCUT2D eigenvalue weighted by molar-refractivity contribution is 0.150. The lowest BCUT2D eigenvalue weighted by Gasteiger charge is -2.38. The molecule has 7 heteroatoms. The molecule has 0 saturated heterocycles. The van der Waals surface area contributed by atoms with Crippen LogP contribution in [0.1, 0.15) is 158 Å². The van der Waals surface area contributed by atoms with Gasteiger partial charge in [0.15, 0.2) is 4.34 Å². The van der Waals surface area contributed by atoms with E-state index in [1.54, 1.807) is 11.3 Å². The van der Waals surface area contributed by atoms with E-state index in [9.17, 15) is 0 Å². The van der Waals surface area contributed by atoms with E-state index in [4.69, 9.17) is 0 Å². The fraction of sp³-hybridized carbons (Fsp3) is 0.944. The summed E-state index contributed by atoms with van der Waals surface area (Å²) in [6, 6.07) is 0. The van der Waals surface area contributed by atoms with Crippen molar-refractivity contribution in [3.63, 3.8) is 0 Å². The van der Waals surface area contributed by atoms with Gasteiger partial charge in [-0.25, -0.2) is 0 Å². The fourth-order valence-corrected chi connectivity index (χ4v) is 7.36. The highest BCUT2D eigenvalue weighted by molar-refractivity contribution is 7.82. The molecule has 0 amide bonds. The molecule has 0 aromatic carbocycles. The lowest BCUT2D eigenvalue weighted by atomic mass is 9.95. The van der Waals surface area contributed by atoms with E-state index in [2.05, 4.69) is 92.9 Å². The predicted octanol–water partition coefficient (Wildman–Crippen LogP) is 11.0. The van der Waals surface area contributed by atoms with Crippen molar-refractivity contribution in [2.75, 3.05) is 44.4 Å². The first-order valence-corrected chi connectivity index (χ1v) is 19.9. The summed E-state index contributed by atoms with van der Waals surface area (Å²) in [5.74, 6) is 3.03. The molecule has 1 heterocycles. The first-order valence-electron chi connectivity index (χ1n) is 18.6. The Labute approximate surface area is 278 Å². The molecule has 0 N–H and O–H groups in total. The van der Waals surface area contributed by atoms with E-state index >= 15 is 0 Å². The Bertz CT molecular complexity index is 682. The Morgan fingerprint density at radius 1 is 0.535 bits per heavy atom. The summed E-state index contributed by atoms with van der Waals surface area (Å²) in [4.78, 5) is 8.16. The maximum absolute atomic E-state index is 4.68. The molecule has 5 nitrogen and oxygen atoms in total. The molecule has 0 spiro atoms. The zero-order valence-electron chi connectivity index (χ0n) is 30.0. The van der Waals surface area contributed by atoms with Gasteiger partial charge >= 0.3 is 0 Å². The van der Waals surface area contributed by atoms with Gasteiger partial charge in [-0.05, 0) is 49.4 Å². The van der Waals surface area contributed by atoms with Crippen LogP contribution in [0, 0.1) is 23.7 Å². The van der Waals surface area contributed by atoms with Crippen molar-refractivity contribution in [1.29, 1.82) is 0 Å². The molecule has 0 saturated carbocycles. The summed E-state index contributed by atoms with van der Waals surface area (Å²) >= 11 is 6.26. The molecule has 43 heavy (non-hydrogen) atoms. The average Bonchev–Trinajstić information content (AvgIpc) is 3.46. The van der Waals surface area contributed by atoms with Gasteiger partial charge in [0.05, 0.1) is 13.3 Å². The summed E-state index contributed by atoms with van der Waals surface area (Å²) in [7, 11) is 0. The van der Waals surface area contributed by atoms with Crippen molar-refractivity contribution in [2.24, 2.45) is 23.7 Å². The molecule has 0 aliphatic carbocycles. The second-order valence-electron chi connectivity index (χ2n) is 13.4. The van der Waals surface area contributed by atoms with Crippen molar-refractivity contribution in [3.8, 4) is 0 Å². The van der Waals surface area contributed by atoms with Crippen LogP contribution in [-0.4, -0.2) is 59.5 Å². The molecule has 0 bridgehead atoms. The molecule has 0 aliphatic rings. The summed E-state index contributed by atoms with van der Waals surface area (Å²) < 4.78 is 0.769. The normalized spacial score (nSPS) is 14.9. The van der Waals surface area contributed by atoms with Gasteiger partial charge in [0, 0.05) is 26.2 Å². The van der Waals surface area contributed by atoms with Crippen LogP contribution in [0.15, 0.2) is 4.34 Å². The van der Waals surface area contributed by atoms with Crippen molar-refractivity contribution in [1.82, 2.24) is 20.0 Å². The molecule has 0 aliphatic heterocycles. The zero-order chi connectivity index (χ0) is 31.9. The van der Waals surface area contributed by atoms with Gasteiger partial charge in [0.25, 0.3) is 0 Å². The third kappa shape index (κ3) is 17.8. The SMILES string of the molecule is CCCCC(CC)CN(CC(CC)CCCC)CN(CN(CC(CC)CCCC)CC(CC)CCCC)c1nnc(S)s1. The molecule has 0 radical (unpaired) electrons. The van der Waals surface area contributed by atoms with Gasteiger partial charge in [0.2, 0.25) is 5.13 Å². The van der Waals surface area contributed by atoms with E-state index in [1.807, 2.05) is 0 Å². The van der Waals surface area contributed by atoms with Crippen molar-refractivity contribution < 1.29 is 0 Å². The number of nitrogens with zero attached hydrogens (tertiary/aromatic N) is 5. The highest BCUT2D eigenvalue weighted by Gasteiger charge is 2.25. The Hall–Kier alpha value is -0.370. The standard InChI is InChI=1S/C36H73N5S2/c1-9-17-21-31(13-5)25-39(26-32(14-6)22-18-10-2)29-41(35-37-38-36(42)43-35)30-40(27-33(15-7)23-19-11-3)28-34(16-8)24-20-12-4/h31-34H,9-30H2,1-8H3,(H,38,42). The van der Waals surface area contributed by atoms with E-state index in [1.165, 1.54) is 129 Å². The minimum absolute atomic E-state index is 0.758. The second kappa shape index (κ2) is 25.8. The van der Waals surface area contributed by atoms with Gasteiger partial charge in [-0.3, -0.25) is 9.80 Å². The van der Waals surface area contributed by atoms with Crippen LogP contribution in [0.25, 0.3) is 0 Å². The third-order valence-electron chi connectivity index (χ3n) is 9.65. The molecule has 1 aromatic heterocycles. The number of unbranched alkanes of at least 4 members (excludes halogenated alkanes) is 4. The Kier molecular flexibility index (Phi) is 24.4. The summed E-state index contributed by atoms with van der Waals surface area (Å²) in [5.41, 5.74) is 0. The first kappa shape index (κ1) is 40.7.